The molecule has 1 fully saturated rings. The van der Waals surface area contributed by atoms with E-state index in [1.54, 1.807) is 17.0 Å². The van der Waals surface area contributed by atoms with E-state index in [4.69, 9.17) is 16.3 Å². The number of halogens is 1. The third-order valence-corrected chi connectivity index (χ3v) is 3.19. The van der Waals surface area contributed by atoms with Gasteiger partial charge in [0.25, 0.3) is 0 Å². The molecule has 1 aliphatic rings. The van der Waals surface area contributed by atoms with Crippen LogP contribution < -0.4 is 5.32 Å². The Kier molecular flexibility index (Phi) is 4.44. The molecule has 1 heterocycles. The van der Waals surface area contributed by atoms with Crippen molar-refractivity contribution in [2.45, 2.75) is 19.4 Å². The Labute approximate surface area is 112 Å². The molecule has 2 rings (SSSR count). The lowest BCUT2D eigenvalue weighted by molar-refractivity contribution is -0.0134. The van der Waals surface area contributed by atoms with Gasteiger partial charge in [0.2, 0.25) is 0 Å². The van der Waals surface area contributed by atoms with Gasteiger partial charge in [0.1, 0.15) is 0 Å². The fourth-order valence-electron chi connectivity index (χ4n) is 1.92. The molecule has 0 aliphatic carbocycles. The number of hydrogen-bond acceptors (Lipinski definition) is 2. The molecule has 1 aromatic rings. The topological polar surface area (TPSA) is 41.6 Å². The van der Waals surface area contributed by atoms with Crippen molar-refractivity contribution in [1.82, 2.24) is 4.90 Å². The maximum atomic E-state index is 12.1. The van der Waals surface area contributed by atoms with Crippen molar-refractivity contribution in [3.63, 3.8) is 0 Å². The van der Waals surface area contributed by atoms with E-state index < -0.39 is 0 Å². The lowest BCUT2D eigenvalue weighted by Crippen LogP contribution is -2.47. The zero-order chi connectivity index (χ0) is 13.0. The number of rotatable bonds is 2. The smallest absolute Gasteiger partial charge is 0.322 e. The fraction of sp³-hybridized carbons (Fsp3) is 0.462. The molecule has 98 valence electrons. The average Bonchev–Trinajstić information content (AvgIpc) is 2.39. The monoisotopic (exact) mass is 268 g/mol. The Morgan fingerprint density at radius 3 is 3.17 bits per heavy atom. The highest BCUT2D eigenvalue weighted by Crippen LogP contribution is 2.16. The van der Waals surface area contributed by atoms with Crippen molar-refractivity contribution in [3.05, 3.63) is 29.3 Å². The average molecular weight is 269 g/mol. The number of urea groups is 1. The van der Waals surface area contributed by atoms with Crippen molar-refractivity contribution in [2.24, 2.45) is 0 Å². The molecule has 18 heavy (non-hydrogen) atoms. The summed E-state index contributed by atoms with van der Waals surface area (Å²) in [5.74, 6) is 0. The van der Waals surface area contributed by atoms with Gasteiger partial charge in [-0.05, 0) is 24.6 Å². The highest BCUT2D eigenvalue weighted by molar-refractivity contribution is 6.30. The first-order valence-electron chi connectivity index (χ1n) is 6.12. The minimum atomic E-state index is -0.0981. The first-order valence-corrected chi connectivity index (χ1v) is 6.50. The maximum Gasteiger partial charge on any atom is 0.322 e. The van der Waals surface area contributed by atoms with E-state index in [-0.39, 0.29) is 12.1 Å². The molecule has 1 aliphatic heterocycles. The number of hydrogen-bond donors (Lipinski definition) is 1. The van der Waals surface area contributed by atoms with Crippen LogP contribution in [-0.2, 0) is 4.74 Å². The molecular formula is C13H17ClN2O2. The summed E-state index contributed by atoms with van der Waals surface area (Å²) in [6.45, 7) is 3.93. The first-order chi connectivity index (χ1) is 8.69. The number of amides is 2. The zero-order valence-corrected chi connectivity index (χ0v) is 11.1. The lowest BCUT2D eigenvalue weighted by Gasteiger charge is -2.32. The molecule has 1 unspecified atom stereocenters. The Balaban J connectivity index is 1.95. The van der Waals surface area contributed by atoms with Gasteiger partial charge in [-0.3, -0.25) is 0 Å². The Hall–Kier alpha value is -1.26. The van der Waals surface area contributed by atoms with Crippen molar-refractivity contribution in [3.8, 4) is 0 Å². The molecule has 0 spiro atoms. The predicted molar refractivity (Wildman–Crippen MR) is 72.1 cm³/mol. The Morgan fingerprint density at radius 2 is 2.44 bits per heavy atom. The van der Waals surface area contributed by atoms with Crippen LogP contribution in [0.1, 0.15) is 13.3 Å². The third kappa shape index (κ3) is 3.37. The lowest BCUT2D eigenvalue weighted by atomic mass is 10.2. The van der Waals surface area contributed by atoms with E-state index in [1.165, 1.54) is 0 Å². The van der Waals surface area contributed by atoms with Gasteiger partial charge in [0.05, 0.1) is 12.7 Å². The van der Waals surface area contributed by atoms with Crippen LogP contribution >= 0.6 is 11.6 Å². The van der Waals surface area contributed by atoms with Gasteiger partial charge in [-0.1, -0.05) is 24.6 Å². The normalized spacial score (nSPS) is 19.7. The summed E-state index contributed by atoms with van der Waals surface area (Å²) in [5, 5.41) is 3.46. The van der Waals surface area contributed by atoms with E-state index in [2.05, 4.69) is 12.2 Å². The summed E-state index contributed by atoms with van der Waals surface area (Å²) in [6.07, 6.45) is 1.06. The van der Waals surface area contributed by atoms with Crippen molar-refractivity contribution >= 4 is 23.3 Å². The quantitative estimate of drug-likeness (QED) is 0.896. The minimum Gasteiger partial charge on any atom is -0.375 e. The Morgan fingerprint density at radius 1 is 1.61 bits per heavy atom. The minimum absolute atomic E-state index is 0.0981. The summed E-state index contributed by atoms with van der Waals surface area (Å²) in [4.78, 5) is 13.8. The SMILES string of the molecule is CCC1CN(C(=O)Nc2cccc(Cl)c2)CCO1. The molecule has 4 nitrogen and oxygen atoms in total. The van der Waals surface area contributed by atoms with Gasteiger partial charge in [-0.2, -0.15) is 0 Å². The molecule has 0 saturated carbocycles. The number of morpholine rings is 1. The zero-order valence-electron chi connectivity index (χ0n) is 10.4. The van der Waals surface area contributed by atoms with Gasteiger partial charge in [-0.15, -0.1) is 0 Å². The summed E-state index contributed by atoms with van der Waals surface area (Å²) in [6, 6.07) is 7.04. The standard InChI is InChI=1S/C13H17ClN2O2/c1-2-12-9-16(6-7-18-12)13(17)15-11-5-3-4-10(14)8-11/h3-5,8,12H,2,6-7,9H2,1H3,(H,15,17). The van der Waals surface area contributed by atoms with Crippen LogP contribution in [-0.4, -0.2) is 36.7 Å². The maximum absolute atomic E-state index is 12.1. The van der Waals surface area contributed by atoms with E-state index in [1.807, 2.05) is 12.1 Å². The molecule has 1 aromatic carbocycles. The molecule has 1 N–H and O–H groups in total. The van der Waals surface area contributed by atoms with Crippen molar-refractivity contribution < 1.29 is 9.53 Å². The molecule has 5 heteroatoms. The van der Waals surface area contributed by atoms with Crippen LogP contribution in [0.4, 0.5) is 10.5 Å². The van der Waals surface area contributed by atoms with Gasteiger partial charge >= 0.3 is 6.03 Å². The molecule has 1 saturated heterocycles. The second-order valence-electron chi connectivity index (χ2n) is 4.29. The van der Waals surface area contributed by atoms with E-state index in [0.717, 1.165) is 6.42 Å². The molecule has 2 amide bonds. The van der Waals surface area contributed by atoms with Crippen LogP contribution in [0.25, 0.3) is 0 Å². The first kappa shape index (κ1) is 13.2. The number of benzene rings is 1. The van der Waals surface area contributed by atoms with Crippen LogP contribution in [0.5, 0.6) is 0 Å². The number of nitrogens with zero attached hydrogens (tertiary/aromatic N) is 1. The second-order valence-corrected chi connectivity index (χ2v) is 4.72. The molecule has 0 radical (unpaired) electrons. The third-order valence-electron chi connectivity index (χ3n) is 2.96. The predicted octanol–water partition coefficient (Wildman–Crippen LogP) is 2.98. The highest BCUT2D eigenvalue weighted by atomic mass is 35.5. The Bertz CT molecular complexity index is 425. The van der Waals surface area contributed by atoms with Gasteiger partial charge in [0.15, 0.2) is 0 Å². The van der Waals surface area contributed by atoms with Crippen LogP contribution in [0.3, 0.4) is 0 Å². The van der Waals surface area contributed by atoms with E-state index in [0.29, 0.717) is 30.4 Å². The van der Waals surface area contributed by atoms with E-state index in [9.17, 15) is 4.79 Å². The summed E-state index contributed by atoms with van der Waals surface area (Å²) in [7, 11) is 0. The molecule has 1 atom stereocenters. The molecule has 0 bridgehead atoms. The number of carbonyl (C=O) groups excluding carboxylic acids is 1. The largest absolute Gasteiger partial charge is 0.375 e. The summed E-state index contributed by atoms with van der Waals surface area (Å²) < 4.78 is 5.53. The van der Waals surface area contributed by atoms with Gasteiger partial charge < -0.3 is 15.0 Å². The summed E-state index contributed by atoms with van der Waals surface area (Å²) >= 11 is 5.87. The van der Waals surface area contributed by atoms with Gasteiger partial charge in [-0.25, -0.2) is 4.79 Å². The van der Waals surface area contributed by atoms with E-state index >= 15 is 0 Å². The van der Waals surface area contributed by atoms with Gasteiger partial charge in [0, 0.05) is 23.8 Å². The number of carbonyl (C=O) groups is 1. The van der Waals surface area contributed by atoms with Crippen LogP contribution in [0.2, 0.25) is 5.02 Å². The number of anilines is 1. The summed E-state index contributed by atoms with van der Waals surface area (Å²) in [5.41, 5.74) is 0.715. The van der Waals surface area contributed by atoms with Crippen LogP contribution in [0.15, 0.2) is 24.3 Å². The second kappa shape index (κ2) is 6.07. The molecular weight excluding hydrogens is 252 g/mol. The van der Waals surface area contributed by atoms with Crippen LogP contribution in [0, 0.1) is 0 Å². The fourth-order valence-corrected chi connectivity index (χ4v) is 2.11. The molecule has 0 aromatic heterocycles. The number of ether oxygens (including phenoxy) is 1. The number of nitrogens with one attached hydrogen (secondary N) is 1. The van der Waals surface area contributed by atoms with Crippen molar-refractivity contribution in [1.29, 1.82) is 0 Å². The van der Waals surface area contributed by atoms with Crippen molar-refractivity contribution in [2.75, 3.05) is 25.0 Å². The highest BCUT2D eigenvalue weighted by Gasteiger charge is 2.22.